The second-order valence-electron chi connectivity index (χ2n) is 7.62. The summed E-state index contributed by atoms with van der Waals surface area (Å²) < 4.78 is 0. The van der Waals surface area contributed by atoms with E-state index in [0.717, 1.165) is 40.1 Å². The van der Waals surface area contributed by atoms with Crippen molar-refractivity contribution in [2.24, 2.45) is 11.1 Å². The first-order chi connectivity index (χ1) is 11.3. The second-order valence-corrected chi connectivity index (χ2v) is 7.62. The Bertz CT molecular complexity index is 760. The lowest BCUT2D eigenvalue weighted by Gasteiger charge is -2.24. The van der Waals surface area contributed by atoms with E-state index >= 15 is 0 Å². The van der Waals surface area contributed by atoms with E-state index in [1.807, 2.05) is 6.92 Å². The number of aryl methyl sites for hydroxylation is 2. The number of aromatic nitrogens is 1. The number of nitrogens with two attached hydrogens (primary N) is 1. The highest BCUT2D eigenvalue weighted by Gasteiger charge is 2.21. The number of nitrogens with zero attached hydrogens (tertiary/aromatic N) is 2. The number of rotatable bonds is 4. The van der Waals surface area contributed by atoms with Gasteiger partial charge in [0.05, 0.1) is 12.5 Å². The Labute approximate surface area is 145 Å². The van der Waals surface area contributed by atoms with Gasteiger partial charge in [0.2, 0.25) is 0 Å². The maximum atomic E-state index is 9.27. The quantitative estimate of drug-likeness (QED) is 0.903. The largest absolute Gasteiger partial charge is 0.326 e. The van der Waals surface area contributed by atoms with Gasteiger partial charge >= 0.3 is 0 Å². The SMILES string of the molecule is Cc1ccc(-c2c(CC#N)c(C)nc(CC(C)(C)C)c2CN)cc1. The third-order valence-corrected chi connectivity index (χ3v) is 4.19. The summed E-state index contributed by atoms with van der Waals surface area (Å²) in [4.78, 5) is 4.82. The molecule has 0 aliphatic carbocycles. The molecule has 0 unspecified atom stereocenters. The number of hydrogen-bond acceptors (Lipinski definition) is 3. The van der Waals surface area contributed by atoms with Gasteiger partial charge in [0.1, 0.15) is 0 Å². The highest BCUT2D eigenvalue weighted by molar-refractivity contribution is 5.73. The summed E-state index contributed by atoms with van der Waals surface area (Å²) in [5.74, 6) is 0. The fourth-order valence-corrected chi connectivity index (χ4v) is 3.08. The first kappa shape index (κ1) is 18.2. The topological polar surface area (TPSA) is 62.7 Å². The highest BCUT2D eigenvalue weighted by atomic mass is 14.7. The van der Waals surface area contributed by atoms with Crippen molar-refractivity contribution in [1.82, 2.24) is 4.98 Å². The molecule has 2 aromatic rings. The monoisotopic (exact) mass is 321 g/mol. The Morgan fingerprint density at radius 3 is 2.21 bits per heavy atom. The first-order valence-corrected chi connectivity index (χ1v) is 8.42. The average Bonchev–Trinajstić information content (AvgIpc) is 2.49. The van der Waals surface area contributed by atoms with Crippen molar-refractivity contribution >= 4 is 0 Å². The normalized spacial score (nSPS) is 11.4. The standard InChI is InChI=1S/C21H27N3/c1-14-6-8-16(9-7-14)20-17(10-11-22)15(2)24-19(18(20)13-23)12-21(3,4)5/h6-9H,10,12-13,23H2,1-5H3. The second kappa shape index (κ2) is 7.15. The molecule has 1 aromatic heterocycles. The van der Waals surface area contributed by atoms with Crippen LogP contribution in [0.4, 0.5) is 0 Å². The Balaban J connectivity index is 2.76. The molecule has 2 rings (SSSR count). The number of benzene rings is 1. The van der Waals surface area contributed by atoms with Crippen LogP contribution in [0, 0.1) is 30.6 Å². The van der Waals surface area contributed by atoms with Crippen LogP contribution in [0.25, 0.3) is 11.1 Å². The fourth-order valence-electron chi connectivity index (χ4n) is 3.08. The van der Waals surface area contributed by atoms with Gasteiger partial charge in [0, 0.05) is 17.9 Å². The van der Waals surface area contributed by atoms with E-state index in [9.17, 15) is 5.26 Å². The predicted molar refractivity (Wildman–Crippen MR) is 99.5 cm³/mol. The maximum Gasteiger partial charge on any atom is 0.0670 e. The highest BCUT2D eigenvalue weighted by Crippen LogP contribution is 2.34. The van der Waals surface area contributed by atoms with Crippen LogP contribution in [0.5, 0.6) is 0 Å². The summed E-state index contributed by atoms with van der Waals surface area (Å²) in [7, 11) is 0. The zero-order valence-electron chi connectivity index (χ0n) is 15.4. The van der Waals surface area contributed by atoms with E-state index < -0.39 is 0 Å². The maximum absolute atomic E-state index is 9.27. The third kappa shape index (κ3) is 4.01. The Hall–Kier alpha value is -2.18. The molecule has 0 radical (unpaired) electrons. The van der Waals surface area contributed by atoms with Gasteiger partial charge in [-0.1, -0.05) is 50.6 Å². The Kier molecular flexibility index (Phi) is 5.41. The van der Waals surface area contributed by atoms with Gasteiger partial charge in [-0.2, -0.15) is 5.26 Å². The lowest BCUT2D eigenvalue weighted by Crippen LogP contribution is -2.17. The molecule has 3 heteroatoms. The summed E-state index contributed by atoms with van der Waals surface area (Å²) in [6, 6.07) is 10.7. The van der Waals surface area contributed by atoms with Crippen molar-refractivity contribution in [1.29, 1.82) is 5.26 Å². The molecule has 126 valence electrons. The molecule has 0 aliphatic rings. The van der Waals surface area contributed by atoms with Crippen LogP contribution in [-0.4, -0.2) is 4.98 Å². The molecule has 0 fully saturated rings. The zero-order chi connectivity index (χ0) is 17.9. The average molecular weight is 321 g/mol. The van der Waals surface area contributed by atoms with Crippen LogP contribution in [0.15, 0.2) is 24.3 Å². The minimum atomic E-state index is 0.130. The van der Waals surface area contributed by atoms with Gasteiger partial charge in [-0.25, -0.2) is 0 Å². The zero-order valence-corrected chi connectivity index (χ0v) is 15.4. The molecule has 0 saturated carbocycles. The number of hydrogen-bond donors (Lipinski definition) is 1. The molecule has 1 aromatic carbocycles. The molecule has 3 nitrogen and oxygen atoms in total. The Morgan fingerprint density at radius 2 is 1.71 bits per heavy atom. The van der Waals surface area contributed by atoms with Gasteiger partial charge < -0.3 is 5.73 Å². The molecular weight excluding hydrogens is 294 g/mol. The molecule has 0 bridgehead atoms. The van der Waals surface area contributed by atoms with Crippen molar-refractivity contribution in [3.05, 3.63) is 52.3 Å². The molecule has 0 spiro atoms. The summed E-state index contributed by atoms with van der Waals surface area (Å²) in [6.07, 6.45) is 1.22. The molecular formula is C21H27N3. The predicted octanol–water partition coefficient (Wildman–Crippen LogP) is 4.48. The van der Waals surface area contributed by atoms with Crippen molar-refractivity contribution < 1.29 is 0 Å². The van der Waals surface area contributed by atoms with Crippen LogP contribution in [0.1, 0.15) is 48.8 Å². The van der Waals surface area contributed by atoms with E-state index in [1.54, 1.807) is 0 Å². The van der Waals surface area contributed by atoms with Crippen LogP contribution >= 0.6 is 0 Å². The number of nitriles is 1. The van der Waals surface area contributed by atoms with Gasteiger partial charge in [-0.3, -0.25) is 4.98 Å². The van der Waals surface area contributed by atoms with E-state index in [2.05, 4.69) is 58.0 Å². The van der Waals surface area contributed by atoms with Gasteiger partial charge in [0.15, 0.2) is 0 Å². The summed E-state index contributed by atoms with van der Waals surface area (Å²) in [5.41, 5.74) is 13.8. The van der Waals surface area contributed by atoms with Crippen LogP contribution in [0.3, 0.4) is 0 Å². The van der Waals surface area contributed by atoms with Gasteiger partial charge in [-0.15, -0.1) is 0 Å². The van der Waals surface area contributed by atoms with Crippen LogP contribution < -0.4 is 5.73 Å². The van der Waals surface area contributed by atoms with E-state index in [0.29, 0.717) is 13.0 Å². The van der Waals surface area contributed by atoms with Crippen molar-refractivity contribution in [2.45, 2.75) is 54.0 Å². The van der Waals surface area contributed by atoms with E-state index in [1.165, 1.54) is 5.56 Å². The van der Waals surface area contributed by atoms with Crippen molar-refractivity contribution in [2.75, 3.05) is 0 Å². The summed E-state index contributed by atoms with van der Waals surface area (Å²) in [6.45, 7) is 11.1. The molecule has 0 amide bonds. The summed E-state index contributed by atoms with van der Waals surface area (Å²) in [5, 5.41) is 9.27. The lowest BCUT2D eigenvalue weighted by molar-refractivity contribution is 0.404. The molecule has 1 heterocycles. The smallest absolute Gasteiger partial charge is 0.0670 e. The minimum Gasteiger partial charge on any atom is -0.326 e. The lowest BCUT2D eigenvalue weighted by atomic mass is 9.84. The third-order valence-electron chi connectivity index (χ3n) is 4.19. The van der Waals surface area contributed by atoms with E-state index in [-0.39, 0.29) is 5.41 Å². The summed E-state index contributed by atoms with van der Waals surface area (Å²) >= 11 is 0. The molecule has 0 saturated heterocycles. The van der Waals surface area contributed by atoms with Gasteiger partial charge in [-0.05, 0) is 47.9 Å². The van der Waals surface area contributed by atoms with Crippen LogP contribution in [-0.2, 0) is 19.4 Å². The fraction of sp³-hybridized carbons (Fsp3) is 0.429. The number of pyridine rings is 1. The van der Waals surface area contributed by atoms with Crippen LogP contribution in [0.2, 0.25) is 0 Å². The minimum absolute atomic E-state index is 0.130. The van der Waals surface area contributed by atoms with Crippen molar-refractivity contribution in [3.8, 4) is 17.2 Å². The molecule has 0 aliphatic heterocycles. The van der Waals surface area contributed by atoms with Gasteiger partial charge in [0.25, 0.3) is 0 Å². The molecule has 0 atom stereocenters. The van der Waals surface area contributed by atoms with Crippen molar-refractivity contribution in [3.63, 3.8) is 0 Å². The van der Waals surface area contributed by atoms with E-state index in [4.69, 9.17) is 10.7 Å². The first-order valence-electron chi connectivity index (χ1n) is 8.42. The molecule has 2 N–H and O–H groups in total. The molecule has 24 heavy (non-hydrogen) atoms. The Morgan fingerprint density at radius 1 is 1.08 bits per heavy atom.